The van der Waals surface area contributed by atoms with Crippen LogP contribution in [0.1, 0.15) is 213 Å². The Morgan fingerprint density at radius 3 is 1.14 bits per heavy atom. The molecule has 344 valence electrons. The number of aliphatic hydroxyl groups is 5. The molecule has 1 saturated carbocycles. The van der Waals surface area contributed by atoms with Gasteiger partial charge in [0.2, 0.25) is 0 Å². The van der Waals surface area contributed by atoms with Crippen molar-refractivity contribution in [3.63, 3.8) is 0 Å². The summed E-state index contributed by atoms with van der Waals surface area (Å²) in [6, 6.07) is 0. The Kier molecular flexibility index (Phi) is 33.5. The number of carbonyl (C=O) groups excluding carboxylic acids is 2. The Bertz CT molecular complexity index is 1030. The van der Waals surface area contributed by atoms with E-state index in [-0.39, 0.29) is 12.8 Å². The van der Waals surface area contributed by atoms with Crippen molar-refractivity contribution in [3.05, 3.63) is 0 Å². The summed E-state index contributed by atoms with van der Waals surface area (Å²) in [6.45, 7) is 3.32. The summed E-state index contributed by atoms with van der Waals surface area (Å²) in [5.41, 5.74) is 0. The minimum atomic E-state index is -5.11. The van der Waals surface area contributed by atoms with Crippen LogP contribution in [0.2, 0.25) is 0 Å². The summed E-state index contributed by atoms with van der Waals surface area (Å²) < 4.78 is 33.5. The first-order valence-corrected chi connectivity index (χ1v) is 24.8. The molecule has 14 heteroatoms. The summed E-state index contributed by atoms with van der Waals surface area (Å²) in [5.74, 6) is -1.08. The molecule has 6 unspecified atom stereocenters. The topological polar surface area (TPSA) is 210 Å². The number of rotatable bonds is 39. The second-order valence-corrected chi connectivity index (χ2v) is 18.0. The van der Waals surface area contributed by atoms with E-state index in [9.17, 15) is 44.6 Å². The van der Waals surface area contributed by atoms with Gasteiger partial charge in [-0.3, -0.25) is 18.6 Å². The van der Waals surface area contributed by atoms with Crippen LogP contribution in [0, 0.1) is 0 Å². The molecule has 0 heterocycles. The lowest BCUT2D eigenvalue weighted by molar-refractivity contribution is -0.220. The molecule has 1 fully saturated rings. The highest BCUT2D eigenvalue weighted by atomic mass is 31.2. The molecule has 1 aliphatic rings. The maximum Gasteiger partial charge on any atom is 0.472 e. The fraction of sp³-hybridized carbons (Fsp3) is 0.955. The van der Waals surface area contributed by atoms with Crippen molar-refractivity contribution >= 4 is 19.8 Å². The lowest BCUT2D eigenvalue weighted by atomic mass is 9.85. The first kappa shape index (κ1) is 54.9. The summed E-state index contributed by atoms with van der Waals surface area (Å²) in [5, 5.41) is 50.1. The zero-order valence-corrected chi connectivity index (χ0v) is 37.3. The zero-order chi connectivity index (χ0) is 42.9. The molecule has 0 spiro atoms. The number of esters is 2. The largest absolute Gasteiger partial charge is 0.472 e. The van der Waals surface area contributed by atoms with E-state index in [1.165, 1.54) is 135 Å². The molecule has 0 aromatic heterocycles. The number of carbonyl (C=O) groups is 2. The first-order valence-electron chi connectivity index (χ1n) is 23.3. The van der Waals surface area contributed by atoms with Gasteiger partial charge in [0, 0.05) is 12.8 Å². The van der Waals surface area contributed by atoms with Gasteiger partial charge in [-0.25, -0.2) is 4.57 Å². The molecule has 0 aliphatic heterocycles. The molecular weight excluding hydrogens is 767 g/mol. The Morgan fingerprint density at radius 2 is 0.776 bits per heavy atom. The average molecular weight is 853 g/mol. The maximum absolute atomic E-state index is 12.8. The summed E-state index contributed by atoms with van der Waals surface area (Å²) >= 11 is 0. The molecule has 0 amide bonds. The Labute approximate surface area is 351 Å². The fourth-order valence-corrected chi connectivity index (χ4v) is 8.38. The fourth-order valence-electron chi connectivity index (χ4n) is 7.41. The van der Waals surface area contributed by atoms with Crippen molar-refractivity contribution in [1.82, 2.24) is 0 Å². The van der Waals surface area contributed by atoms with Gasteiger partial charge < -0.3 is 39.9 Å². The van der Waals surface area contributed by atoms with Crippen molar-refractivity contribution in [2.45, 2.75) is 256 Å². The number of unbranched alkanes of at least 4 members (excludes halogenated alkanes) is 27. The van der Waals surface area contributed by atoms with Gasteiger partial charge in [-0.1, -0.05) is 187 Å². The number of hydrogen-bond acceptors (Lipinski definition) is 12. The number of phosphoric ester groups is 1. The van der Waals surface area contributed by atoms with Gasteiger partial charge in [0.1, 0.15) is 43.2 Å². The maximum atomic E-state index is 12.8. The van der Waals surface area contributed by atoms with E-state index in [4.69, 9.17) is 18.5 Å². The van der Waals surface area contributed by atoms with Gasteiger partial charge in [0.05, 0.1) is 6.61 Å². The number of phosphoric acid groups is 1. The van der Waals surface area contributed by atoms with Gasteiger partial charge >= 0.3 is 19.8 Å². The molecule has 0 bridgehead atoms. The monoisotopic (exact) mass is 853 g/mol. The van der Waals surface area contributed by atoms with Crippen molar-refractivity contribution in [2.24, 2.45) is 0 Å². The van der Waals surface area contributed by atoms with E-state index in [1.54, 1.807) is 0 Å². The Balaban J connectivity index is 2.43. The Hall–Kier alpha value is -1.15. The van der Waals surface area contributed by atoms with E-state index < -0.39 is 75.7 Å². The van der Waals surface area contributed by atoms with Gasteiger partial charge in [0.25, 0.3) is 0 Å². The van der Waals surface area contributed by atoms with Crippen LogP contribution in [0.4, 0.5) is 0 Å². The number of aliphatic hydroxyl groups excluding tert-OH is 5. The zero-order valence-electron chi connectivity index (χ0n) is 36.4. The normalized spacial score (nSPS) is 22.4. The summed E-state index contributed by atoms with van der Waals surface area (Å²) in [7, 11) is -5.11. The molecule has 58 heavy (non-hydrogen) atoms. The standard InChI is InChI=1S/C44H85O13P/c1-3-5-7-9-11-13-15-17-18-19-21-22-24-26-28-30-32-37(45)54-34-36(35-55-58(52,53)57-44-42(50)40(48)39(47)41(49)43(44)51)56-38(46)33-31-29-27-25-23-20-16-14-12-10-8-6-4-2/h36,39-44,47-51H,3-35H2,1-2H3,(H,52,53)/t36-,39?,40-,41?,42?,43?,44?/m1/s1. The third-order valence-electron chi connectivity index (χ3n) is 11.2. The highest BCUT2D eigenvalue weighted by Crippen LogP contribution is 2.47. The van der Waals surface area contributed by atoms with Gasteiger partial charge in [-0.05, 0) is 12.8 Å². The molecule has 6 N–H and O–H groups in total. The van der Waals surface area contributed by atoms with Gasteiger partial charge in [-0.15, -0.1) is 0 Å². The van der Waals surface area contributed by atoms with Crippen LogP contribution in [0.25, 0.3) is 0 Å². The lowest BCUT2D eigenvalue weighted by Crippen LogP contribution is -2.64. The molecule has 1 aliphatic carbocycles. The second-order valence-electron chi connectivity index (χ2n) is 16.6. The summed E-state index contributed by atoms with van der Waals surface area (Å²) in [6.07, 6.45) is 21.6. The van der Waals surface area contributed by atoms with E-state index in [0.29, 0.717) is 12.8 Å². The summed E-state index contributed by atoms with van der Waals surface area (Å²) in [4.78, 5) is 35.7. The van der Waals surface area contributed by atoms with Crippen LogP contribution in [-0.4, -0.2) is 98.3 Å². The van der Waals surface area contributed by atoms with Gasteiger partial charge in [-0.2, -0.15) is 0 Å². The molecule has 0 saturated heterocycles. The number of hydrogen-bond donors (Lipinski definition) is 6. The van der Waals surface area contributed by atoms with E-state index in [2.05, 4.69) is 13.8 Å². The minimum Gasteiger partial charge on any atom is -0.462 e. The van der Waals surface area contributed by atoms with Crippen LogP contribution in [-0.2, 0) is 32.7 Å². The van der Waals surface area contributed by atoms with Crippen LogP contribution in [0.3, 0.4) is 0 Å². The third-order valence-corrected chi connectivity index (χ3v) is 12.2. The number of ether oxygens (including phenoxy) is 2. The highest BCUT2D eigenvalue weighted by Gasteiger charge is 2.51. The molecular formula is C44H85O13P. The molecule has 0 aromatic rings. The third kappa shape index (κ3) is 27.6. The van der Waals surface area contributed by atoms with E-state index in [0.717, 1.165) is 38.5 Å². The second kappa shape index (κ2) is 35.4. The van der Waals surface area contributed by atoms with Crippen LogP contribution in [0.5, 0.6) is 0 Å². The SMILES string of the molecule is CCCCCCCCCCCCCCCCCCC(=O)OC[C@H](COP(=O)(O)OC1C(O)C(O)C(O)[C@@H](O)C1O)OC(=O)CCCCCCCCCCCCCCC. The lowest BCUT2D eigenvalue weighted by Gasteiger charge is -2.41. The van der Waals surface area contributed by atoms with Crippen LogP contribution >= 0.6 is 7.82 Å². The predicted octanol–water partition coefficient (Wildman–Crippen LogP) is 8.89. The van der Waals surface area contributed by atoms with Crippen LogP contribution < -0.4 is 0 Å². The average Bonchev–Trinajstić information content (AvgIpc) is 3.20. The molecule has 1 rings (SSSR count). The molecule has 0 radical (unpaired) electrons. The highest BCUT2D eigenvalue weighted by molar-refractivity contribution is 7.47. The minimum absolute atomic E-state index is 0.104. The smallest absolute Gasteiger partial charge is 0.462 e. The quantitative estimate of drug-likeness (QED) is 0.0194. The van der Waals surface area contributed by atoms with Crippen molar-refractivity contribution in [1.29, 1.82) is 0 Å². The van der Waals surface area contributed by atoms with Gasteiger partial charge in [0.15, 0.2) is 6.10 Å². The molecule has 13 nitrogen and oxygen atoms in total. The van der Waals surface area contributed by atoms with Crippen molar-refractivity contribution in [3.8, 4) is 0 Å². The van der Waals surface area contributed by atoms with E-state index >= 15 is 0 Å². The molecule has 0 aromatic carbocycles. The van der Waals surface area contributed by atoms with Crippen molar-refractivity contribution < 1.29 is 63.1 Å². The molecule has 8 atom stereocenters. The van der Waals surface area contributed by atoms with Crippen LogP contribution in [0.15, 0.2) is 0 Å². The van der Waals surface area contributed by atoms with Crippen molar-refractivity contribution in [2.75, 3.05) is 13.2 Å². The van der Waals surface area contributed by atoms with E-state index in [1.807, 2.05) is 0 Å². The Morgan fingerprint density at radius 1 is 0.466 bits per heavy atom. The first-order chi connectivity index (χ1) is 27.9. The predicted molar refractivity (Wildman–Crippen MR) is 226 cm³/mol.